The van der Waals surface area contributed by atoms with E-state index in [1.807, 2.05) is 0 Å². The maximum atomic E-state index is 13.1. The molecular formula is C21H22ClN5O2. The number of aromatic nitrogens is 3. The lowest BCUT2D eigenvalue weighted by Gasteiger charge is -2.28. The van der Waals surface area contributed by atoms with E-state index in [0.717, 1.165) is 25.7 Å². The minimum absolute atomic E-state index is 0.0630. The normalized spacial score (nSPS) is 19.1. The second-order valence-corrected chi connectivity index (χ2v) is 7.67. The fourth-order valence-corrected chi connectivity index (χ4v) is 4.16. The Balaban J connectivity index is 1.60. The Morgan fingerprint density at radius 3 is 2.59 bits per heavy atom. The van der Waals surface area contributed by atoms with Crippen molar-refractivity contribution >= 4 is 40.1 Å². The summed E-state index contributed by atoms with van der Waals surface area (Å²) in [5, 5.41) is 7.25. The molecule has 4 rings (SSSR count). The summed E-state index contributed by atoms with van der Waals surface area (Å²) in [4.78, 5) is 36.7. The van der Waals surface area contributed by atoms with Gasteiger partial charge in [-0.3, -0.25) is 9.59 Å². The van der Waals surface area contributed by atoms with Crippen molar-refractivity contribution in [3.05, 3.63) is 52.9 Å². The summed E-state index contributed by atoms with van der Waals surface area (Å²) in [6.07, 6.45) is 6.50. The highest BCUT2D eigenvalue weighted by molar-refractivity contribution is 6.35. The van der Waals surface area contributed by atoms with E-state index in [1.165, 1.54) is 6.33 Å². The number of fused-ring (bicyclic) bond motifs is 1. The highest BCUT2D eigenvalue weighted by atomic mass is 35.5. The summed E-state index contributed by atoms with van der Waals surface area (Å²) in [7, 11) is 1.67. The van der Waals surface area contributed by atoms with Crippen LogP contribution < -0.4 is 10.6 Å². The number of nitrogens with zero attached hydrogens (tertiary/aromatic N) is 2. The van der Waals surface area contributed by atoms with Crippen LogP contribution in [0.5, 0.6) is 0 Å². The number of benzene rings is 1. The van der Waals surface area contributed by atoms with Crippen LogP contribution in [-0.4, -0.2) is 39.7 Å². The van der Waals surface area contributed by atoms with Crippen LogP contribution in [0.15, 0.2) is 36.8 Å². The third-order valence-corrected chi connectivity index (χ3v) is 5.85. The number of hydrogen-bond acceptors (Lipinski definition) is 5. The molecule has 7 nitrogen and oxygen atoms in total. The lowest BCUT2D eigenvalue weighted by Crippen LogP contribution is -2.34. The Morgan fingerprint density at radius 1 is 1.10 bits per heavy atom. The summed E-state index contributed by atoms with van der Waals surface area (Å²) in [5.74, 6) is 0.609. The highest BCUT2D eigenvalue weighted by Crippen LogP contribution is 2.31. The van der Waals surface area contributed by atoms with Crippen LogP contribution in [0.2, 0.25) is 5.02 Å². The molecule has 0 aliphatic heterocycles. The highest BCUT2D eigenvalue weighted by Gasteiger charge is 2.27. The molecule has 3 N–H and O–H groups in total. The van der Waals surface area contributed by atoms with Gasteiger partial charge in [0.25, 0.3) is 0 Å². The largest absolute Gasteiger partial charge is 0.367 e. The predicted octanol–water partition coefficient (Wildman–Crippen LogP) is 3.56. The second-order valence-electron chi connectivity index (χ2n) is 7.26. The Labute approximate surface area is 173 Å². The van der Waals surface area contributed by atoms with Gasteiger partial charge in [0.2, 0.25) is 5.91 Å². The molecule has 1 aliphatic rings. The number of halogens is 1. The molecule has 0 atom stereocenters. The molecule has 0 radical (unpaired) electrons. The third-order valence-electron chi connectivity index (χ3n) is 5.52. The molecule has 1 saturated carbocycles. The van der Waals surface area contributed by atoms with Gasteiger partial charge in [-0.25, -0.2) is 9.97 Å². The van der Waals surface area contributed by atoms with Gasteiger partial charge in [-0.05, 0) is 37.8 Å². The van der Waals surface area contributed by atoms with Crippen molar-refractivity contribution in [3.63, 3.8) is 0 Å². The van der Waals surface area contributed by atoms with Crippen molar-refractivity contribution in [2.75, 3.05) is 12.4 Å². The summed E-state index contributed by atoms with van der Waals surface area (Å²) < 4.78 is 0. The van der Waals surface area contributed by atoms with Crippen LogP contribution in [0.25, 0.3) is 11.0 Å². The maximum Gasteiger partial charge on any atom is 0.222 e. The minimum Gasteiger partial charge on any atom is -0.367 e. The number of hydrogen-bond donors (Lipinski definition) is 3. The van der Waals surface area contributed by atoms with Gasteiger partial charge < -0.3 is 15.6 Å². The molecule has 2 aromatic heterocycles. The van der Waals surface area contributed by atoms with E-state index in [4.69, 9.17) is 11.6 Å². The Hall–Kier alpha value is -2.93. The van der Waals surface area contributed by atoms with Gasteiger partial charge in [0.05, 0.1) is 16.0 Å². The van der Waals surface area contributed by atoms with Crippen molar-refractivity contribution in [1.29, 1.82) is 0 Å². The average Bonchev–Trinajstić information content (AvgIpc) is 3.19. The maximum absolute atomic E-state index is 13.1. The van der Waals surface area contributed by atoms with Gasteiger partial charge in [-0.1, -0.05) is 23.7 Å². The summed E-state index contributed by atoms with van der Waals surface area (Å²) in [6.45, 7) is 0. The Kier molecular flexibility index (Phi) is 5.49. The zero-order valence-corrected chi connectivity index (χ0v) is 16.8. The van der Waals surface area contributed by atoms with Gasteiger partial charge in [0, 0.05) is 30.8 Å². The Morgan fingerprint density at radius 2 is 1.86 bits per heavy atom. The molecule has 8 heteroatoms. The zero-order valence-electron chi connectivity index (χ0n) is 16.0. The molecule has 1 aromatic carbocycles. The first-order valence-electron chi connectivity index (χ1n) is 9.68. The number of aromatic amines is 1. The number of H-pyrrole nitrogens is 1. The summed E-state index contributed by atoms with van der Waals surface area (Å²) in [5.41, 5.74) is 1.52. The van der Waals surface area contributed by atoms with Gasteiger partial charge in [-0.2, -0.15) is 0 Å². The molecule has 0 saturated heterocycles. The lowest BCUT2D eigenvalue weighted by molar-refractivity contribution is -0.125. The first kappa shape index (κ1) is 19.4. The summed E-state index contributed by atoms with van der Waals surface area (Å²) >= 11 is 6.22. The van der Waals surface area contributed by atoms with Crippen molar-refractivity contribution in [2.24, 2.45) is 5.92 Å². The molecule has 150 valence electrons. The van der Waals surface area contributed by atoms with Crippen LogP contribution in [0.3, 0.4) is 0 Å². The average molecular weight is 412 g/mol. The Bertz CT molecular complexity index is 1060. The zero-order chi connectivity index (χ0) is 20.4. The fourth-order valence-electron chi connectivity index (χ4n) is 3.94. The fraction of sp³-hybridized carbons (Fsp3) is 0.333. The molecule has 0 spiro atoms. The van der Waals surface area contributed by atoms with Crippen LogP contribution in [-0.2, 0) is 4.79 Å². The van der Waals surface area contributed by atoms with Gasteiger partial charge in [0.15, 0.2) is 5.78 Å². The van der Waals surface area contributed by atoms with Crippen molar-refractivity contribution in [1.82, 2.24) is 20.3 Å². The first-order chi connectivity index (χ1) is 14.1. The molecular weight excluding hydrogens is 390 g/mol. The van der Waals surface area contributed by atoms with Crippen LogP contribution in [0, 0.1) is 5.92 Å². The number of ketones is 1. The molecule has 2 heterocycles. The van der Waals surface area contributed by atoms with E-state index >= 15 is 0 Å². The lowest BCUT2D eigenvalue weighted by atomic mass is 9.85. The van der Waals surface area contributed by atoms with E-state index in [0.29, 0.717) is 33.0 Å². The van der Waals surface area contributed by atoms with Crippen molar-refractivity contribution in [3.8, 4) is 0 Å². The van der Waals surface area contributed by atoms with Crippen molar-refractivity contribution in [2.45, 2.75) is 31.7 Å². The number of carbonyl (C=O) groups excluding carboxylic acids is 2. The SMILES string of the molecule is CNC(=O)C1CCC(Nc2ncnc3[nH]cc(C(=O)c4ccccc4Cl)c23)CC1. The quantitative estimate of drug-likeness (QED) is 0.557. The number of carbonyl (C=O) groups is 2. The van der Waals surface area contributed by atoms with Gasteiger partial charge in [-0.15, -0.1) is 0 Å². The van der Waals surface area contributed by atoms with Crippen LogP contribution >= 0.6 is 11.6 Å². The number of amides is 1. The van der Waals surface area contributed by atoms with E-state index in [2.05, 4.69) is 25.6 Å². The van der Waals surface area contributed by atoms with E-state index in [1.54, 1.807) is 37.5 Å². The molecule has 3 aromatic rings. The molecule has 29 heavy (non-hydrogen) atoms. The standard InChI is InChI=1S/C21H22ClN5O2/c1-23-21(29)12-6-8-13(9-7-12)27-20-17-15(10-24-19(17)25-11-26-20)18(28)14-4-2-3-5-16(14)22/h2-5,10-13H,6-9H2,1H3,(H,23,29)(H2,24,25,26,27). The number of rotatable bonds is 5. The third kappa shape index (κ3) is 3.82. The minimum atomic E-state index is -0.178. The number of nitrogens with one attached hydrogen (secondary N) is 3. The van der Waals surface area contributed by atoms with Gasteiger partial charge >= 0.3 is 0 Å². The smallest absolute Gasteiger partial charge is 0.222 e. The van der Waals surface area contributed by atoms with Crippen molar-refractivity contribution < 1.29 is 9.59 Å². The van der Waals surface area contributed by atoms with Crippen LogP contribution in [0.4, 0.5) is 5.82 Å². The van der Waals surface area contributed by atoms with E-state index in [9.17, 15) is 9.59 Å². The topological polar surface area (TPSA) is 99.8 Å². The molecule has 0 unspecified atom stereocenters. The first-order valence-corrected chi connectivity index (χ1v) is 10.1. The summed E-state index contributed by atoms with van der Waals surface area (Å²) in [6, 6.07) is 7.17. The van der Waals surface area contributed by atoms with Gasteiger partial charge in [0.1, 0.15) is 17.8 Å². The van der Waals surface area contributed by atoms with E-state index in [-0.39, 0.29) is 23.7 Å². The molecule has 0 bridgehead atoms. The number of anilines is 1. The van der Waals surface area contributed by atoms with Crippen LogP contribution in [0.1, 0.15) is 41.6 Å². The predicted molar refractivity (Wildman–Crippen MR) is 112 cm³/mol. The monoisotopic (exact) mass is 411 g/mol. The van der Waals surface area contributed by atoms with E-state index < -0.39 is 0 Å². The molecule has 1 amide bonds. The second kappa shape index (κ2) is 8.21. The molecule has 1 fully saturated rings. The molecule has 1 aliphatic carbocycles.